The maximum Gasteiger partial charge on any atom is 0.312 e. The molecular weight excluding hydrogens is 195 g/mol. The highest BCUT2D eigenvalue weighted by Gasteiger charge is 2.57. The van der Waals surface area contributed by atoms with Crippen LogP contribution in [0.1, 0.15) is 18.4 Å². The van der Waals surface area contributed by atoms with Gasteiger partial charge >= 0.3 is 5.97 Å². The van der Waals surface area contributed by atoms with Gasteiger partial charge in [-0.3, -0.25) is 4.79 Å². The fourth-order valence-electron chi connectivity index (χ4n) is 1.86. The number of carbonyl (C=O) groups excluding carboxylic acids is 1. The largest absolute Gasteiger partial charge is 0.466 e. The summed E-state index contributed by atoms with van der Waals surface area (Å²) in [5.74, 6) is -1.31. The highest BCUT2D eigenvalue weighted by molar-refractivity contribution is 5.79. The average molecular weight is 208 g/mol. The third kappa shape index (κ3) is 1.87. The Balaban J connectivity index is 2.06. The van der Waals surface area contributed by atoms with Crippen molar-refractivity contribution in [3.63, 3.8) is 0 Å². The van der Waals surface area contributed by atoms with Crippen molar-refractivity contribution < 1.29 is 13.9 Å². The van der Waals surface area contributed by atoms with E-state index >= 15 is 0 Å². The van der Waals surface area contributed by atoms with Gasteiger partial charge < -0.3 is 4.74 Å². The first-order valence-electron chi connectivity index (χ1n) is 5.11. The van der Waals surface area contributed by atoms with Crippen molar-refractivity contribution in [1.29, 1.82) is 0 Å². The van der Waals surface area contributed by atoms with E-state index < -0.39 is 18.1 Å². The van der Waals surface area contributed by atoms with Crippen LogP contribution in [0.25, 0.3) is 0 Å². The first kappa shape index (κ1) is 10.1. The third-order valence-electron chi connectivity index (χ3n) is 2.68. The van der Waals surface area contributed by atoms with Gasteiger partial charge in [0, 0.05) is 5.92 Å². The second kappa shape index (κ2) is 4.01. The zero-order valence-corrected chi connectivity index (χ0v) is 8.52. The molecule has 0 aromatic heterocycles. The normalized spacial score (nSPS) is 28.5. The van der Waals surface area contributed by atoms with Gasteiger partial charge in [0.05, 0.1) is 12.5 Å². The predicted octanol–water partition coefficient (Wildman–Crippen LogP) is 2.30. The summed E-state index contributed by atoms with van der Waals surface area (Å²) < 4.78 is 18.2. The molecule has 0 saturated heterocycles. The summed E-state index contributed by atoms with van der Waals surface area (Å²) in [5.41, 5.74) is 0.878. The van der Waals surface area contributed by atoms with Gasteiger partial charge in [-0.1, -0.05) is 30.3 Å². The first-order chi connectivity index (χ1) is 7.25. The molecule has 80 valence electrons. The number of hydrogen-bond donors (Lipinski definition) is 0. The smallest absolute Gasteiger partial charge is 0.312 e. The molecule has 15 heavy (non-hydrogen) atoms. The Morgan fingerprint density at radius 1 is 1.40 bits per heavy atom. The standard InChI is InChI=1S/C12H13FO2/c1-2-15-12(14)10-9(11(10)13)8-6-4-3-5-7-8/h3-7,9-11H,2H2,1H3. The molecule has 1 aromatic carbocycles. The quantitative estimate of drug-likeness (QED) is 0.712. The van der Waals surface area contributed by atoms with E-state index in [0.717, 1.165) is 5.56 Å². The average Bonchev–Trinajstić information content (AvgIpc) is 2.92. The van der Waals surface area contributed by atoms with Crippen LogP contribution in [0.5, 0.6) is 0 Å². The molecule has 0 heterocycles. The molecule has 3 atom stereocenters. The molecule has 3 heteroatoms. The molecule has 3 unspecified atom stereocenters. The lowest BCUT2D eigenvalue weighted by Crippen LogP contribution is -2.08. The zero-order valence-electron chi connectivity index (χ0n) is 8.52. The molecular formula is C12H13FO2. The van der Waals surface area contributed by atoms with Crippen LogP contribution >= 0.6 is 0 Å². The van der Waals surface area contributed by atoms with Crippen molar-refractivity contribution >= 4 is 5.97 Å². The maximum absolute atomic E-state index is 13.4. The Hall–Kier alpha value is -1.38. The van der Waals surface area contributed by atoms with E-state index in [9.17, 15) is 9.18 Å². The van der Waals surface area contributed by atoms with Crippen LogP contribution in [0.3, 0.4) is 0 Å². The van der Waals surface area contributed by atoms with Crippen LogP contribution in [0.2, 0.25) is 0 Å². The molecule has 1 aliphatic carbocycles. The van der Waals surface area contributed by atoms with Gasteiger partial charge in [0.25, 0.3) is 0 Å². The Labute approximate surface area is 88.1 Å². The summed E-state index contributed by atoms with van der Waals surface area (Å²) >= 11 is 0. The minimum Gasteiger partial charge on any atom is -0.466 e. The number of ether oxygens (including phenoxy) is 1. The zero-order chi connectivity index (χ0) is 10.8. The van der Waals surface area contributed by atoms with Crippen LogP contribution in [-0.2, 0) is 9.53 Å². The van der Waals surface area contributed by atoms with Gasteiger partial charge in [-0.15, -0.1) is 0 Å². The van der Waals surface area contributed by atoms with Crippen molar-refractivity contribution in [1.82, 2.24) is 0 Å². The molecule has 1 aliphatic rings. The Bertz CT molecular complexity index is 350. The molecule has 2 rings (SSSR count). The van der Waals surface area contributed by atoms with Gasteiger partial charge in [0.1, 0.15) is 6.17 Å². The fraction of sp³-hybridized carbons (Fsp3) is 0.417. The second-order valence-electron chi connectivity index (χ2n) is 3.66. The van der Waals surface area contributed by atoms with E-state index in [1.807, 2.05) is 30.3 Å². The van der Waals surface area contributed by atoms with Gasteiger partial charge in [0.15, 0.2) is 0 Å². The second-order valence-corrected chi connectivity index (χ2v) is 3.66. The summed E-state index contributed by atoms with van der Waals surface area (Å²) in [6.45, 7) is 2.04. The lowest BCUT2D eigenvalue weighted by atomic mass is 10.1. The van der Waals surface area contributed by atoms with E-state index in [1.165, 1.54) is 0 Å². The Morgan fingerprint density at radius 2 is 2.07 bits per heavy atom. The monoisotopic (exact) mass is 208 g/mol. The van der Waals surface area contributed by atoms with E-state index in [2.05, 4.69) is 0 Å². The lowest BCUT2D eigenvalue weighted by Gasteiger charge is -1.99. The highest BCUT2D eigenvalue weighted by atomic mass is 19.1. The van der Waals surface area contributed by atoms with Crippen LogP contribution in [0.15, 0.2) is 30.3 Å². The van der Waals surface area contributed by atoms with Crippen LogP contribution < -0.4 is 0 Å². The third-order valence-corrected chi connectivity index (χ3v) is 2.68. The number of hydrogen-bond acceptors (Lipinski definition) is 2. The van der Waals surface area contributed by atoms with Crippen LogP contribution in [-0.4, -0.2) is 18.7 Å². The lowest BCUT2D eigenvalue weighted by molar-refractivity contribution is -0.145. The van der Waals surface area contributed by atoms with Crippen molar-refractivity contribution in [3.05, 3.63) is 35.9 Å². The number of esters is 1. The predicted molar refractivity (Wildman–Crippen MR) is 54.2 cm³/mol. The summed E-state index contributed by atoms with van der Waals surface area (Å²) in [6, 6.07) is 9.26. The molecule has 0 radical (unpaired) electrons. The first-order valence-corrected chi connectivity index (χ1v) is 5.11. The molecule has 1 fully saturated rings. The van der Waals surface area contributed by atoms with Gasteiger partial charge in [-0.05, 0) is 12.5 Å². The van der Waals surface area contributed by atoms with E-state index in [4.69, 9.17) is 4.74 Å². The van der Waals surface area contributed by atoms with Crippen LogP contribution in [0, 0.1) is 5.92 Å². The van der Waals surface area contributed by atoms with E-state index in [0.29, 0.717) is 6.61 Å². The Morgan fingerprint density at radius 3 is 2.67 bits per heavy atom. The summed E-state index contributed by atoms with van der Waals surface area (Å²) in [5, 5.41) is 0. The molecule has 2 nitrogen and oxygen atoms in total. The molecule has 1 aromatic rings. The molecule has 0 spiro atoms. The number of rotatable bonds is 3. The summed E-state index contributed by atoms with van der Waals surface area (Å²) in [7, 11) is 0. The fourth-order valence-corrected chi connectivity index (χ4v) is 1.86. The van der Waals surface area contributed by atoms with Gasteiger partial charge in [-0.25, -0.2) is 4.39 Å². The number of alkyl halides is 1. The van der Waals surface area contributed by atoms with Crippen molar-refractivity contribution in [2.75, 3.05) is 6.61 Å². The molecule has 1 saturated carbocycles. The number of benzene rings is 1. The molecule has 0 aliphatic heterocycles. The summed E-state index contributed by atoms with van der Waals surface area (Å²) in [4.78, 5) is 11.3. The highest BCUT2D eigenvalue weighted by Crippen LogP contribution is 2.50. The molecule has 0 amide bonds. The van der Waals surface area contributed by atoms with E-state index in [-0.39, 0.29) is 5.92 Å². The number of carbonyl (C=O) groups is 1. The minimum absolute atomic E-state index is 0.301. The van der Waals surface area contributed by atoms with E-state index in [1.54, 1.807) is 6.92 Å². The van der Waals surface area contributed by atoms with Gasteiger partial charge in [0.2, 0.25) is 0 Å². The van der Waals surface area contributed by atoms with Crippen molar-refractivity contribution in [3.8, 4) is 0 Å². The van der Waals surface area contributed by atoms with Gasteiger partial charge in [-0.2, -0.15) is 0 Å². The summed E-state index contributed by atoms with van der Waals surface area (Å²) in [6.07, 6.45) is -1.08. The molecule has 0 bridgehead atoms. The number of halogens is 1. The van der Waals surface area contributed by atoms with Crippen molar-refractivity contribution in [2.45, 2.75) is 19.0 Å². The maximum atomic E-state index is 13.4. The van der Waals surface area contributed by atoms with Crippen LogP contribution in [0.4, 0.5) is 4.39 Å². The SMILES string of the molecule is CCOC(=O)C1C(F)C1c1ccccc1. The topological polar surface area (TPSA) is 26.3 Å². The minimum atomic E-state index is -1.08. The Kier molecular flexibility index (Phi) is 2.71. The molecule has 0 N–H and O–H groups in total. The van der Waals surface area contributed by atoms with Crippen molar-refractivity contribution in [2.24, 2.45) is 5.92 Å².